The van der Waals surface area contributed by atoms with E-state index in [1.165, 1.54) is 392 Å². The SMILES string of the molecule is CCCCCCCCCCCCCCCCCCCCCCCC/C=C/C(O)C(CO)NC(=O)CCCCCCCCCCCCCCCCCCC/C=C\CCCCCCCCCCCCCCOC(=O)CCCCCCCCCCCCCCC. The highest BCUT2D eigenvalue weighted by Gasteiger charge is 2.18. The molecule has 87 heavy (non-hydrogen) atoms. The third kappa shape index (κ3) is 73.3. The van der Waals surface area contributed by atoms with Gasteiger partial charge in [0, 0.05) is 12.8 Å². The molecule has 0 bridgehead atoms. The molecule has 0 aliphatic carbocycles. The predicted molar refractivity (Wildman–Crippen MR) is 384 cm³/mol. The number of hydrogen-bond acceptors (Lipinski definition) is 5. The molecule has 0 aromatic rings. The first-order chi connectivity index (χ1) is 43.0. The zero-order chi connectivity index (χ0) is 62.8. The molecule has 0 rings (SSSR count). The highest BCUT2D eigenvalue weighted by molar-refractivity contribution is 5.76. The van der Waals surface area contributed by atoms with E-state index in [0.29, 0.717) is 19.4 Å². The Balaban J connectivity index is 3.37. The van der Waals surface area contributed by atoms with E-state index in [1.54, 1.807) is 6.08 Å². The summed E-state index contributed by atoms with van der Waals surface area (Å²) >= 11 is 0. The number of allylic oxidation sites excluding steroid dienone is 3. The molecule has 1 amide bonds. The molecular weight excluding hydrogens is 1070 g/mol. The molecule has 516 valence electrons. The lowest BCUT2D eigenvalue weighted by molar-refractivity contribution is -0.143. The average Bonchev–Trinajstić information content (AvgIpc) is 3.57. The molecule has 0 aliphatic heterocycles. The van der Waals surface area contributed by atoms with Crippen LogP contribution in [0.5, 0.6) is 0 Å². The Bertz CT molecular complexity index is 1360. The van der Waals surface area contributed by atoms with Gasteiger partial charge in [-0.15, -0.1) is 0 Å². The summed E-state index contributed by atoms with van der Waals surface area (Å²) < 4.78 is 5.49. The van der Waals surface area contributed by atoms with Gasteiger partial charge in [0.1, 0.15) is 0 Å². The zero-order valence-corrected chi connectivity index (χ0v) is 59.3. The molecule has 0 aromatic carbocycles. The highest BCUT2D eigenvalue weighted by Crippen LogP contribution is 2.20. The van der Waals surface area contributed by atoms with Crippen LogP contribution in [0, 0.1) is 0 Å². The van der Waals surface area contributed by atoms with Crippen molar-refractivity contribution >= 4 is 11.9 Å². The lowest BCUT2D eigenvalue weighted by atomic mass is 10.0. The Morgan fingerprint density at radius 3 is 0.816 bits per heavy atom. The Kier molecular flexibility index (Phi) is 75.3. The van der Waals surface area contributed by atoms with Crippen molar-refractivity contribution in [2.75, 3.05) is 13.2 Å². The molecule has 6 nitrogen and oxygen atoms in total. The second kappa shape index (κ2) is 76.8. The zero-order valence-electron chi connectivity index (χ0n) is 59.3. The predicted octanol–water partition coefficient (Wildman–Crippen LogP) is 26.4. The van der Waals surface area contributed by atoms with Crippen molar-refractivity contribution in [3.63, 3.8) is 0 Å². The van der Waals surface area contributed by atoms with E-state index in [4.69, 9.17) is 4.74 Å². The Hall–Kier alpha value is -1.66. The quantitative estimate of drug-likeness (QED) is 0.0320. The molecule has 0 heterocycles. The maximum atomic E-state index is 12.6. The minimum atomic E-state index is -0.844. The monoisotopic (exact) mass is 1220 g/mol. The number of carbonyl (C=O) groups excluding carboxylic acids is 2. The molecular formula is C81H157NO5. The summed E-state index contributed by atoms with van der Waals surface area (Å²) in [4.78, 5) is 24.6. The molecule has 2 unspecified atom stereocenters. The summed E-state index contributed by atoms with van der Waals surface area (Å²) in [5.41, 5.74) is 0. The molecule has 0 aromatic heterocycles. The van der Waals surface area contributed by atoms with Gasteiger partial charge in [0.15, 0.2) is 0 Å². The number of aliphatic hydroxyl groups is 2. The van der Waals surface area contributed by atoms with Gasteiger partial charge in [0.05, 0.1) is 25.4 Å². The van der Waals surface area contributed by atoms with Crippen molar-refractivity contribution in [3.05, 3.63) is 24.3 Å². The molecule has 0 radical (unpaired) electrons. The van der Waals surface area contributed by atoms with Crippen molar-refractivity contribution in [1.29, 1.82) is 0 Å². The number of aliphatic hydroxyl groups excluding tert-OH is 2. The van der Waals surface area contributed by atoms with Crippen LogP contribution in [0.4, 0.5) is 0 Å². The lowest BCUT2D eigenvalue weighted by Gasteiger charge is -2.20. The number of rotatable bonds is 76. The van der Waals surface area contributed by atoms with Crippen molar-refractivity contribution in [3.8, 4) is 0 Å². The van der Waals surface area contributed by atoms with Crippen LogP contribution in [0.15, 0.2) is 24.3 Å². The topological polar surface area (TPSA) is 95.9 Å². The Morgan fingerprint density at radius 1 is 0.310 bits per heavy atom. The van der Waals surface area contributed by atoms with Gasteiger partial charge < -0.3 is 20.3 Å². The summed E-state index contributed by atoms with van der Waals surface area (Å²) in [6.07, 6.45) is 98.8. The first-order valence-corrected chi connectivity index (χ1v) is 40.1. The first-order valence-electron chi connectivity index (χ1n) is 40.1. The van der Waals surface area contributed by atoms with Gasteiger partial charge in [0.25, 0.3) is 0 Å². The number of hydrogen-bond donors (Lipinski definition) is 3. The fraction of sp³-hybridized carbons (Fsp3) is 0.926. The number of unbranched alkanes of at least 4 members (excludes halogenated alkanes) is 63. The molecule has 3 N–H and O–H groups in total. The largest absolute Gasteiger partial charge is 0.466 e. The highest BCUT2D eigenvalue weighted by atomic mass is 16.5. The van der Waals surface area contributed by atoms with Crippen LogP contribution >= 0.6 is 0 Å². The van der Waals surface area contributed by atoms with E-state index in [9.17, 15) is 19.8 Å². The second-order valence-corrected chi connectivity index (χ2v) is 27.8. The van der Waals surface area contributed by atoms with E-state index in [0.717, 1.165) is 38.5 Å². The van der Waals surface area contributed by atoms with Crippen LogP contribution in [-0.4, -0.2) is 47.4 Å². The van der Waals surface area contributed by atoms with Gasteiger partial charge in [-0.1, -0.05) is 411 Å². The number of ether oxygens (including phenoxy) is 1. The minimum absolute atomic E-state index is 0.0210. The summed E-state index contributed by atoms with van der Waals surface area (Å²) in [5, 5.41) is 23.3. The second-order valence-electron chi connectivity index (χ2n) is 27.8. The van der Waals surface area contributed by atoms with Gasteiger partial charge >= 0.3 is 5.97 Å². The number of esters is 1. The Labute approximate surface area is 545 Å². The smallest absolute Gasteiger partial charge is 0.305 e. The number of nitrogens with one attached hydrogen (secondary N) is 1. The van der Waals surface area contributed by atoms with E-state index in [1.807, 2.05) is 6.08 Å². The first kappa shape index (κ1) is 85.3. The fourth-order valence-electron chi connectivity index (χ4n) is 12.9. The number of carbonyl (C=O) groups is 2. The Morgan fingerprint density at radius 2 is 0.540 bits per heavy atom. The standard InChI is InChI=1S/C81H157NO5/c1-3-5-7-9-11-13-15-17-18-19-20-21-22-34-37-40-43-46-50-53-57-61-65-69-73-79(84)78(77-83)82-80(85)74-70-66-62-58-54-51-47-44-41-38-35-32-30-28-26-24-23-25-27-29-31-33-36-39-42-45-48-52-56-60-64-68-72-76-87-81(86)75-71-67-63-59-55-49-16-14-12-10-8-6-4-2/h27,29,69,73,78-79,83-84H,3-26,28,30-68,70-72,74-77H2,1-2H3,(H,82,85)/b29-27-,73-69+. The molecule has 0 saturated carbocycles. The molecule has 0 saturated heterocycles. The minimum Gasteiger partial charge on any atom is -0.466 e. The van der Waals surface area contributed by atoms with Gasteiger partial charge in [0.2, 0.25) is 5.91 Å². The van der Waals surface area contributed by atoms with Crippen molar-refractivity contribution in [1.82, 2.24) is 5.32 Å². The van der Waals surface area contributed by atoms with E-state index in [2.05, 4.69) is 31.3 Å². The van der Waals surface area contributed by atoms with Gasteiger partial charge in [-0.25, -0.2) is 0 Å². The van der Waals surface area contributed by atoms with Crippen LogP contribution in [0.25, 0.3) is 0 Å². The fourth-order valence-corrected chi connectivity index (χ4v) is 12.9. The van der Waals surface area contributed by atoms with Crippen LogP contribution in [0.3, 0.4) is 0 Å². The summed E-state index contributed by atoms with van der Waals surface area (Å²) in [5.74, 6) is -0.0385. The van der Waals surface area contributed by atoms with Gasteiger partial charge in [-0.3, -0.25) is 9.59 Å². The van der Waals surface area contributed by atoms with Gasteiger partial charge in [-0.05, 0) is 57.8 Å². The third-order valence-corrected chi connectivity index (χ3v) is 19.0. The molecule has 0 fully saturated rings. The van der Waals surface area contributed by atoms with Crippen molar-refractivity contribution in [2.24, 2.45) is 0 Å². The normalized spacial score (nSPS) is 12.6. The van der Waals surface area contributed by atoms with Gasteiger partial charge in [-0.2, -0.15) is 0 Å². The summed E-state index contributed by atoms with van der Waals surface area (Å²) in [7, 11) is 0. The maximum Gasteiger partial charge on any atom is 0.305 e. The summed E-state index contributed by atoms with van der Waals surface area (Å²) in [6, 6.07) is -0.627. The van der Waals surface area contributed by atoms with Crippen molar-refractivity contribution < 1.29 is 24.5 Å². The molecule has 0 spiro atoms. The average molecular weight is 1230 g/mol. The van der Waals surface area contributed by atoms with E-state index in [-0.39, 0.29) is 18.5 Å². The van der Waals surface area contributed by atoms with Crippen molar-refractivity contribution in [2.45, 2.75) is 469 Å². The summed E-state index contributed by atoms with van der Waals surface area (Å²) in [6.45, 7) is 4.96. The van der Waals surface area contributed by atoms with Crippen LogP contribution in [-0.2, 0) is 14.3 Å². The molecule has 2 atom stereocenters. The van der Waals surface area contributed by atoms with E-state index >= 15 is 0 Å². The lowest BCUT2D eigenvalue weighted by Crippen LogP contribution is -2.45. The third-order valence-electron chi connectivity index (χ3n) is 19.0. The number of amides is 1. The molecule has 0 aliphatic rings. The van der Waals surface area contributed by atoms with Crippen LogP contribution in [0.2, 0.25) is 0 Å². The maximum absolute atomic E-state index is 12.6. The molecule has 6 heteroatoms. The van der Waals surface area contributed by atoms with Crippen LogP contribution < -0.4 is 5.32 Å². The van der Waals surface area contributed by atoms with Crippen LogP contribution in [0.1, 0.15) is 457 Å². The van der Waals surface area contributed by atoms with E-state index < -0.39 is 12.1 Å².